The molecule has 3 rings (SSSR count). The standard InChI is InChI=1S/C25H26FNO3/c1-5-27(4)22(29)14-19-13-21(28)24(25(19)30)23-15(2)11-18(12-16(23)3)17-7-6-8-20(26)10-9-17/h7-12,19,24H,5,13-14H2,1-4H3. The number of allylic oxidation sites excluding steroid dienone is 5. The van der Waals surface area contributed by atoms with Gasteiger partial charge in [0.15, 0.2) is 5.78 Å². The van der Waals surface area contributed by atoms with Crippen LogP contribution in [0.25, 0.3) is 5.57 Å². The molecule has 5 heteroatoms. The highest BCUT2D eigenvalue weighted by Crippen LogP contribution is 2.38. The molecule has 2 atom stereocenters. The molecule has 0 spiro atoms. The first kappa shape index (κ1) is 21.7. The summed E-state index contributed by atoms with van der Waals surface area (Å²) >= 11 is 0. The molecule has 0 aromatic heterocycles. The number of rotatable bonds is 5. The van der Waals surface area contributed by atoms with Crippen molar-refractivity contribution < 1.29 is 18.8 Å². The van der Waals surface area contributed by atoms with Gasteiger partial charge < -0.3 is 4.90 Å². The molecule has 1 saturated carbocycles. The molecule has 1 aromatic carbocycles. The Bertz CT molecular complexity index is 1020. The molecular formula is C25H26FNO3. The highest BCUT2D eigenvalue weighted by atomic mass is 19.1. The third-order valence-electron chi connectivity index (χ3n) is 5.88. The maximum atomic E-state index is 13.4. The van der Waals surface area contributed by atoms with Crippen LogP contribution in [0, 0.1) is 19.8 Å². The van der Waals surface area contributed by atoms with E-state index in [1.807, 2.05) is 32.9 Å². The van der Waals surface area contributed by atoms with Crippen LogP contribution in [0.5, 0.6) is 0 Å². The van der Waals surface area contributed by atoms with Crippen molar-refractivity contribution in [1.82, 2.24) is 4.90 Å². The second-order valence-corrected chi connectivity index (χ2v) is 7.97. The minimum Gasteiger partial charge on any atom is -0.346 e. The summed E-state index contributed by atoms with van der Waals surface area (Å²) in [7, 11) is 1.70. The Morgan fingerprint density at radius 3 is 2.47 bits per heavy atom. The van der Waals surface area contributed by atoms with E-state index in [2.05, 4.69) is 5.73 Å². The van der Waals surface area contributed by atoms with E-state index in [0.29, 0.717) is 6.54 Å². The Labute approximate surface area is 176 Å². The zero-order valence-corrected chi connectivity index (χ0v) is 17.8. The Morgan fingerprint density at radius 1 is 1.17 bits per heavy atom. The fourth-order valence-electron chi connectivity index (χ4n) is 4.13. The largest absolute Gasteiger partial charge is 0.346 e. The summed E-state index contributed by atoms with van der Waals surface area (Å²) in [4.78, 5) is 39.6. The predicted molar refractivity (Wildman–Crippen MR) is 115 cm³/mol. The van der Waals surface area contributed by atoms with Crippen LogP contribution < -0.4 is 0 Å². The van der Waals surface area contributed by atoms with Gasteiger partial charge in [-0.1, -0.05) is 18.2 Å². The van der Waals surface area contributed by atoms with Crippen molar-refractivity contribution in [2.75, 3.05) is 13.6 Å². The van der Waals surface area contributed by atoms with Gasteiger partial charge in [0.1, 0.15) is 17.5 Å². The summed E-state index contributed by atoms with van der Waals surface area (Å²) in [6.07, 6.45) is 6.21. The number of amides is 1. The van der Waals surface area contributed by atoms with Crippen molar-refractivity contribution in [2.45, 2.75) is 39.5 Å². The molecule has 2 unspecified atom stereocenters. The number of hydrogen-bond donors (Lipinski definition) is 0. The number of carbonyl (C=O) groups is 3. The number of hydrogen-bond acceptors (Lipinski definition) is 3. The van der Waals surface area contributed by atoms with Gasteiger partial charge in [-0.2, -0.15) is 0 Å². The lowest BCUT2D eigenvalue weighted by atomic mass is 9.85. The number of nitrogens with zero attached hydrogens (tertiary/aromatic N) is 1. The minimum atomic E-state index is -0.820. The minimum absolute atomic E-state index is 0.0729. The van der Waals surface area contributed by atoms with Gasteiger partial charge in [-0.05, 0) is 60.8 Å². The van der Waals surface area contributed by atoms with Crippen LogP contribution in [0.2, 0.25) is 0 Å². The van der Waals surface area contributed by atoms with Crippen LogP contribution in [-0.4, -0.2) is 36.0 Å². The third kappa shape index (κ3) is 4.27. The first-order valence-electron chi connectivity index (χ1n) is 10.1. The van der Waals surface area contributed by atoms with Gasteiger partial charge in [-0.3, -0.25) is 14.4 Å². The van der Waals surface area contributed by atoms with Crippen molar-refractivity contribution in [3.05, 3.63) is 70.2 Å². The predicted octanol–water partition coefficient (Wildman–Crippen LogP) is 4.38. The third-order valence-corrected chi connectivity index (χ3v) is 5.88. The summed E-state index contributed by atoms with van der Waals surface area (Å²) in [5, 5.41) is 0. The van der Waals surface area contributed by atoms with Gasteiger partial charge in [0, 0.05) is 38.4 Å². The first-order chi connectivity index (χ1) is 14.2. The number of halogens is 1. The lowest BCUT2D eigenvalue weighted by Crippen LogP contribution is -2.29. The molecule has 1 aromatic rings. The second kappa shape index (κ2) is 8.76. The van der Waals surface area contributed by atoms with Crippen molar-refractivity contribution in [3.8, 4) is 0 Å². The van der Waals surface area contributed by atoms with E-state index in [1.165, 1.54) is 12.2 Å². The molecule has 1 amide bonds. The molecule has 0 aliphatic heterocycles. The topological polar surface area (TPSA) is 54.5 Å². The smallest absolute Gasteiger partial charge is 0.223 e. The van der Waals surface area contributed by atoms with E-state index in [4.69, 9.17) is 0 Å². The lowest BCUT2D eigenvalue weighted by Gasteiger charge is -2.18. The number of carbonyl (C=O) groups excluding carboxylic acids is 3. The van der Waals surface area contributed by atoms with Crippen LogP contribution in [0.4, 0.5) is 4.39 Å². The van der Waals surface area contributed by atoms with E-state index < -0.39 is 11.8 Å². The van der Waals surface area contributed by atoms with Crippen LogP contribution >= 0.6 is 0 Å². The Balaban J connectivity index is 1.91. The molecule has 0 bridgehead atoms. The van der Waals surface area contributed by atoms with Gasteiger partial charge in [-0.25, -0.2) is 4.39 Å². The maximum Gasteiger partial charge on any atom is 0.223 e. The normalized spacial score (nSPS) is 20.8. The summed E-state index contributed by atoms with van der Waals surface area (Å²) in [5.74, 6) is -2.17. The fraction of sp³-hybridized carbons (Fsp3) is 0.360. The van der Waals surface area contributed by atoms with Crippen LogP contribution in [0.15, 0.2) is 48.0 Å². The van der Waals surface area contributed by atoms with Crippen molar-refractivity contribution >= 4 is 23.0 Å². The monoisotopic (exact) mass is 407 g/mol. The maximum absolute atomic E-state index is 13.4. The van der Waals surface area contributed by atoms with Crippen LogP contribution in [0.1, 0.15) is 47.9 Å². The van der Waals surface area contributed by atoms with E-state index in [1.54, 1.807) is 24.1 Å². The quantitative estimate of drug-likeness (QED) is 0.538. The molecule has 2 aliphatic rings. The number of Topliss-reactive ketones (excluding diaryl/α,β-unsaturated/α-hetero) is 2. The average molecular weight is 407 g/mol. The molecule has 0 radical (unpaired) electrons. The Hall–Kier alpha value is -3.04. The van der Waals surface area contributed by atoms with Gasteiger partial charge >= 0.3 is 0 Å². The molecule has 4 nitrogen and oxygen atoms in total. The highest BCUT2D eigenvalue weighted by molar-refractivity contribution is 6.15. The summed E-state index contributed by atoms with van der Waals surface area (Å²) in [5.41, 5.74) is 6.86. The summed E-state index contributed by atoms with van der Waals surface area (Å²) in [6.45, 7) is 6.19. The lowest BCUT2D eigenvalue weighted by molar-refractivity contribution is -0.133. The zero-order valence-electron chi connectivity index (χ0n) is 17.8. The number of ketones is 2. The van der Waals surface area contributed by atoms with Crippen molar-refractivity contribution in [2.24, 2.45) is 5.92 Å². The van der Waals surface area contributed by atoms with Gasteiger partial charge in [0.05, 0.1) is 0 Å². The molecule has 30 heavy (non-hydrogen) atoms. The van der Waals surface area contributed by atoms with Gasteiger partial charge in [0.2, 0.25) is 5.91 Å². The highest BCUT2D eigenvalue weighted by Gasteiger charge is 2.44. The molecule has 1 fully saturated rings. The zero-order chi connectivity index (χ0) is 22.0. The van der Waals surface area contributed by atoms with E-state index in [0.717, 1.165) is 27.8 Å². The second-order valence-electron chi connectivity index (χ2n) is 7.97. The summed E-state index contributed by atoms with van der Waals surface area (Å²) < 4.78 is 13.4. The molecule has 0 saturated heterocycles. The SMILES string of the molecule is CCN(C)C(=O)CC1CC(=O)C(c2c(C)cc(C3=CC=C(F)C=C=C3)cc2C)C1=O. The van der Waals surface area contributed by atoms with E-state index in [9.17, 15) is 18.8 Å². The molecule has 0 N–H and O–H groups in total. The summed E-state index contributed by atoms with van der Waals surface area (Å²) in [6, 6.07) is 3.82. The molecule has 2 aliphatic carbocycles. The van der Waals surface area contributed by atoms with E-state index in [-0.39, 0.29) is 36.1 Å². The van der Waals surface area contributed by atoms with Gasteiger partial charge in [0.25, 0.3) is 0 Å². The Morgan fingerprint density at radius 2 is 1.83 bits per heavy atom. The molecular weight excluding hydrogens is 381 g/mol. The van der Waals surface area contributed by atoms with Crippen molar-refractivity contribution in [3.63, 3.8) is 0 Å². The molecule has 0 heterocycles. The van der Waals surface area contributed by atoms with Crippen molar-refractivity contribution in [1.29, 1.82) is 0 Å². The van der Waals surface area contributed by atoms with Crippen LogP contribution in [0.3, 0.4) is 0 Å². The van der Waals surface area contributed by atoms with Crippen LogP contribution in [-0.2, 0) is 14.4 Å². The van der Waals surface area contributed by atoms with Gasteiger partial charge in [-0.15, -0.1) is 5.73 Å². The number of aryl methyl sites for hydroxylation is 2. The number of benzene rings is 1. The molecule has 156 valence electrons. The first-order valence-corrected chi connectivity index (χ1v) is 10.1. The van der Waals surface area contributed by atoms with E-state index >= 15 is 0 Å². The Kier molecular flexibility index (Phi) is 6.33. The fourth-order valence-corrected chi connectivity index (χ4v) is 4.13. The average Bonchev–Trinajstić information content (AvgIpc) is 2.85.